The molecule has 0 aromatic heterocycles. The highest BCUT2D eigenvalue weighted by Crippen LogP contribution is 2.32. The molecule has 37 heavy (non-hydrogen) atoms. The largest absolute Gasteiger partial charge is 0.493 e. The third-order valence-corrected chi connectivity index (χ3v) is 6.37. The quantitative estimate of drug-likeness (QED) is 0.204. The number of hydrogen-bond acceptors (Lipinski definition) is 5. The van der Waals surface area contributed by atoms with Gasteiger partial charge in [0.05, 0.1) is 7.11 Å². The minimum Gasteiger partial charge on any atom is -0.493 e. The van der Waals surface area contributed by atoms with Crippen molar-refractivity contribution in [3.8, 4) is 23.3 Å². The number of rotatable bonds is 9. The van der Waals surface area contributed by atoms with E-state index in [0.717, 1.165) is 29.0 Å². The number of nitriles is 1. The summed E-state index contributed by atoms with van der Waals surface area (Å²) >= 11 is 0. The average molecular weight is 497 g/mol. The molecule has 0 fully saturated rings. The van der Waals surface area contributed by atoms with Gasteiger partial charge in [0.2, 0.25) is 0 Å². The number of ether oxygens (including phenoxy) is 3. The molecule has 1 amide bonds. The molecule has 0 aliphatic carbocycles. The third kappa shape index (κ3) is 5.95. The smallest absolute Gasteiger partial charge is 0.268 e. The number of nitrogens with zero attached hydrogens (tertiary/aromatic N) is 2. The normalized spacial score (nSPS) is 12.8. The molecule has 0 radical (unpaired) electrons. The Kier molecular flexibility index (Phi) is 8.15. The Morgan fingerprint density at radius 3 is 2.51 bits per heavy atom. The van der Waals surface area contributed by atoms with Gasteiger partial charge >= 0.3 is 0 Å². The van der Waals surface area contributed by atoms with Gasteiger partial charge in [-0.05, 0) is 71.9 Å². The highest BCUT2D eigenvalue weighted by atomic mass is 16.5. The lowest BCUT2D eigenvalue weighted by molar-refractivity contribution is -0.114. The average Bonchev–Trinajstić information content (AvgIpc) is 3.34. The highest BCUT2D eigenvalue weighted by Gasteiger charge is 2.26. The molecule has 3 aromatic rings. The van der Waals surface area contributed by atoms with E-state index in [1.807, 2.05) is 37.3 Å². The lowest BCUT2D eigenvalue weighted by Gasteiger charge is -2.17. The Morgan fingerprint density at radius 1 is 1.03 bits per heavy atom. The van der Waals surface area contributed by atoms with Gasteiger partial charge in [0.25, 0.3) is 5.91 Å². The zero-order valence-electron chi connectivity index (χ0n) is 21.8. The van der Waals surface area contributed by atoms with Crippen LogP contribution >= 0.6 is 0 Å². The monoisotopic (exact) mass is 496 g/mol. The van der Waals surface area contributed by atoms with Crippen LogP contribution in [0.5, 0.6) is 17.2 Å². The van der Waals surface area contributed by atoms with E-state index in [1.165, 1.54) is 5.56 Å². The minimum atomic E-state index is -0.305. The van der Waals surface area contributed by atoms with E-state index in [9.17, 15) is 10.1 Å². The molecule has 0 N–H and O–H groups in total. The van der Waals surface area contributed by atoms with Crippen LogP contribution in [-0.2, 0) is 11.2 Å². The van der Waals surface area contributed by atoms with Crippen LogP contribution in [0, 0.1) is 18.3 Å². The van der Waals surface area contributed by atoms with Crippen molar-refractivity contribution in [2.24, 2.45) is 0 Å². The SMILES string of the molecule is COc1cc(/C=C(\C#N)C(=O)N2CCc3ccccc32)ccc1OCCOc1cc(C)ccc1C(C)C. The summed E-state index contributed by atoms with van der Waals surface area (Å²) in [6.07, 6.45) is 2.37. The van der Waals surface area contributed by atoms with E-state index >= 15 is 0 Å². The van der Waals surface area contributed by atoms with E-state index in [1.54, 1.807) is 36.3 Å². The first-order valence-electron chi connectivity index (χ1n) is 12.5. The predicted octanol–water partition coefficient (Wildman–Crippen LogP) is 6.08. The Bertz CT molecular complexity index is 1350. The lowest BCUT2D eigenvalue weighted by atomic mass is 10.0. The number of aryl methyl sites for hydroxylation is 1. The third-order valence-electron chi connectivity index (χ3n) is 6.37. The van der Waals surface area contributed by atoms with Crippen molar-refractivity contribution in [3.63, 3.8) is 0 Å². The Morgan fingerprint density at radius 2 is 1.78 bits per heavy atom. The topological polar surface area (TPSA) is 71.8 Å². The number of amides is 1. The standard InChI is InChI=1S/C31H32N2O4/c1-21(2)26-11-9-22(3)17-29(26)37-16-15-36-28-12-10-23(19-30(28)35-4)18-25(20-32)31(34)33-14-13-24-7-5-6-8-27(24)33/h5-12,17-19,21H,13-16H2,1-4H3/b25-18+. The molecule has 1 aliphatic heterocycles. The van der Waals surface area contributed by atoms with Gasteiger partial charge in [0.1, 0.15) is 30.6 Å². The molecule has 0 saturated carbocycles. The minimum absolute atomic E-state index is 0.0694. The van der Waals surface area contributed by atoms with Gasteiger partial charge in [-0.2, -0.15) is 5.26 Å². The van der Waals surface area contributed by atoms with E-state index in [4.69, 9.17) is 14.2 Å². The van der Waals surface area contributed by atoms with Crippen molar-refractivity contribution >= 4 is 17.7 Å². The van der Waals surface area contributed by atoms with Crippen LogP contribution in [0.4, 0.5) is 5.69 Å². The molecular formula is C31H32N2O4. The summed E-state index contributed by atoms with van der Waals surface area (Å²) in [7, 11) is 1.56. The van der Waals surface area contributed by atoms with Gasteiger partial charge in [0.15, 0.2) is 11.5 Å². The number of hydrogen-bond donors (Lipinski definition) is 0. The van der Waals surface area contributed by atoms with Gasteiger partial charge in [-0.3, -0.25) is 4.79 Å². The fourth-order valence-electron chi connectivity index (χ4n) is 4.44. The summed E-state index contributed by atoms with van der Waals surface area (Å²) in [5.41, 5.74) is 5.04. The first-order valence-corrected chi connectivity index (χ1v) is 12.5. The predicted molar refractivity (Wildman–Crippen MR) is 145 cm³/mol. The van der Waals surface area contributed by atoms with Crippen molar-refractivity contribution in [2.75, 3.05) is 31.8 Å². The Balaban J connectivity index is 1.42. The van der Waals surface area contributed by atoms with Crippen LogP contribution in [-0.4, -0.2) is 32.8 Å². The summed E-state index contributed by atoms with van der Waals surface area (Å²) < 4.78 is 17.5. The van der Waals surface area contributed by atoms with E-state index in [2.05, 4.69) is 32.0 Å². The Labute approximate surface area is 218 Å². The van der Waals surface area contributed by atoms with Crippen molar-refractivity contribution in [3.05, 3.63) is 88.5 Å². The van der Waals surface area contributed by atoms with Crippen LogP contribution in [0.15, 0.2) is 66.2 Å². The second-order valence-corrected chi connectivity index (χ2v) is 9.31. The van der Waals surface area contributed by atoms with Gasteiger partial charge in [-0.25, -0.2) is 0 Å². The van der Waals surface area contributed by atoms with E-state index in [-0.39, 0.29) is 11.5 Å². The molecular weight excluding hydrogens is 464 g/mol. The molecule has 1 aliphatic rings. The zero-order chi connectivity index (χ0) is 26.4. The van der Waals surface area contributed by atoms with Crippen molar-refractivity contribution in [2.45, 2.75) is 33.1 Å². The number of benzene rings is 3. The fraction of sp³-hybridized carbons (Fsp3) is 0.290. The molecule has 0 saturated heterocycles. The molecule has 0 atom stereocenters. The number of para-hydroxylation sites is 1. The van der Waals surface area contributed by atoms with Crippen LogP contribution in [0.25, 0.3) is 6.08 Å². The van der Waals surface area contributed by atoms with E-state index < -0.39 is 0 Å². The Hall–Kier alpha value is -4.24. The second kappa shape index (κ2) is 11.7. The zero-order valence-corrected chi connectivity index (χ0v) is 21.8. The molecule has 4 rings (SSSR count). The molecule has 0 unspecified atom stereocenters. The first-order chi connectivity index (χ1) is 17.9. The molecule has 0 bridgehead atoms. The van der Waals surface area contributed by atoms with Crippen LogP contribution in [0.2, 0.25) is 0 Å². The molecule has 6 heteroatoms. The van der Waals surface area contributed by atoms with E-state index in [0.29, 0.717) is 42.7 Å². The number of carbonyl (C=O) groups is 1. The summed E-state index contributed by atoms with van der Waals surface area (Å²) in [5, 5.41) is 9.72. The van der Waals surface area contributed by atoms with Gasteiger partial charge in [0, 0.05) is 12.2 Å². The first kappa shape index (κ1) is 25.8. The molecule has 6 nitrogen and oxygen atoms in total. The van der Waals surface area contributed by atoms with Gasteiger partial charge < -0.3 is 19.1 Å². The summed E-state index contributed by atoms with van der Waals surface area (Å²) in [6, 6.07) is 21.4. The molecule has 0 spiro atoms. The van der Waals surface area contributed by atoms with Gasteiger partial charge in [-0.1, -0.05) is 50.2 Å². The summed E-state index contributed by atoms with van der Waals surface area (Å²) in [4.78, 5) is 14.8. The molecule has 1 heterocycles. The maximum atomic E-state index is 13.1. The number of anilines is 1. The highest BCUT2D eigenvalue weighted by molar-refractivity contribution is 6.12. The van der Waals surface area contributed by atoms with Crippen molar-refractivity contribution in [1.82, 2.24) is 0 Å². The lowest BCUT2D eigenvalue weighted by Crippen LogP contribution is -2.29. The number of carbonyl (C=O) groups excluding carboxylic acids is 1. The summed E-state index contributed by atoms with van der Waals surface area (Å²) in [6.45, 7) is 7.63. The van der Waals surface area contributed by atoms with Gasteiger partial charge in [-0.15, -0.1) is 0 Å². The second-order valence-electron chi connectivity index (χ2n) is 9.31. The maximum Gasteiger partial charge on any atom is 0.268 e. The van der Waals surface area contributed by atoms with Crippen LogP contribution in [0.3, 0.4) is 0 Å². The van der Waals surface area contributed by atoms with Crippen molar-refractivity contribution in [1.29, 1.82) is 5.26 Å². The van der Waals surface area contributed by atoms with Crippen LogP contribution < -0.4 is 19.1 Å². The number of fused-ring (bicyclic) bond motifs is 1. The maximum absolute atomic E-state index is 13.1. The van der Waals surface area contributed by atoms with Crippen LogP contribution in [0.1, 0.15) is 42.0 Å². The van der Waals surface area contributed by atoms with Crippen molar-refractivity contribution < 1.29 is 19.0 Å². The molecule has 190 valence electrons. The number of methoxy groups -OCH3 is 1. The fourth-order valence-corrected chi connectivity index (χ4v) is 4.44. The molecule has 3 aromatic carbocycles. The summed E-state index contributed by atoms with van der Waals surface area (Å²) in [5.74, 6) is 2.02.